The minimum absolute atomic E-state index is 0.224. The summed E-state index contributed by atoms with van der Waals surface area (Å²) in [6, 6.07) is 5.08. The quantitative estimate of drug-likeness (QED) is 0.359. The summed E-state index contributed by atoms with van der Waals surface area (Å²) in [6.45, 7) is 4.11. The van der Waals surface area contributed by atoms with Gasteiger partial charge in [-0.2, -0.15) is 0 Å². The second-order valence-electron chi connectivity index (χ2n) is 5.46. The van der Waals surface area contributed by atoms with Crippen molar-refractivity contribution in [3.63, 3.8) is 0 Å². The molecule has 136 valence electrons. The third-order valence-corrected chi connectivity index (χ3v) is 3.68. The summed E-state index contributed by atoms with van der Waals surface area (Å²) in [4.78, 5) is 35.3. The molecule has 0 unspecified atom stereocenters. The van der Waals surface area contributed by atoms with Crippen LogP contribution in [0.2, 0.25) is 0 Å². The van der Waals surface area contributed by atoms with Gasteiger partial charge in [-0.05, 0) is 43.3 Å². The van der Waals surface area contributed by atoms with Crippen molar-refractivity contribution in [3.8, 4) is 0 Å². The van der Waals surface area contributed by atoms with Crippen molar-refractivity contribution in [1.29, 1.82) is 0 Å². The van der Waals surface area contributed by atoms with E-state index in [0.29, 0.717) is 16.9 Å². The molecule has 0 saturated heterocycles. The molecule has 7 nitrogen and oxygen atoms in total. The van der Waals surface area contributed by atoms with Crippen LogP contribution in [0.5, 0.6) is 0 Å². The van der Waals surface area contributed by atoms with E-state index in [2.05, 4.69) is 24.5 Å². The first-order valence-corrected chi connectivity index (χ1v) is 8.14. The van der Waals surface area contributed by atoms with Crippen LogP contribution in [0.1, 0.15) is 43.5 Å². The second-order valence-corrected chi connectivity index (χ2v) is 5.46. The van der Waals surface area contributed by atoms with Crippen LogP contribution in [-0.4, -0.2) is 30.8 Å². The average Bonchev–Trinajstić information content (AvgIpc) is 2.59. The van der Waals surface area contributed by atoms with Gasteiger partial charge in [0.25, 0.3) is 0 Å². The van der Waals surface area contributed by atoms with Crippen molar-refractivity contribution in [2.45, 2.75) is 39.2 Å². The Bertz CT molecular complexity index is 652. The van der Waals surface area contributed by atoms with Crippen LogP contribution in [-0.2, 0) is 14.3 Å². The molecular weight excluding hydrogens is 322 g/mol. The lowest BCUT2D eigenvalue weighted by atomic mass is 10.1. The molecule has 0 spiro atoms. The molecule has 1 aromatic rings. The first-order chi connectivity index (χ1) is 11.9. The number of carbonyl (C=O) groups is 3. The van der Waals surface area contributed by atoms with Gasteiger partial charge in [0.15, 0.2) is 5.78 Å². The molecule has 0 aromatic heterocycles. The smallest absolute Gasteiger partial charge is 0.337 e. The highest BCUT2D eigenvalue weighted by atomic mass is 16.5. The summed E-state index contributed by atoms with van der Waals surface area (Å²) < 4.78 is 4.71. The van der Waals surface area contributed by atoms with Gasteiger partial charge in [-0.3, -0.25) is 9.59 Å². The molecule has 0 atom stereocenters. The number of esters is 1. The van der Waals surface area contributed by atoms with E-state index >= 15 is 0 Å². The topological polar surface area (TPSA) is 111 Å². The number of methoxy groups -OCH3 is 1. The van der Waals surface area contributed by atoms with Crippen molar-refractivity contribution in [3.05, 3.63) is 36.0 Å². The molecule has 0 fully saturated rings. The van der Waals surface area contributed by atoms with Crippen molar-refractivity contribution >= 4 is 29.0 Å². The Hall–Kier alpha value is -2.83. The standard InChI is InChI=1S/C18H25N3O4/c1-4-13(5-2)20-15-7-6-12(18(24)25-3)10-16(15)21-17(23)11-14(22)8-9-19/h6-10,13,20H,4-5,11,19H2,1-3H3,(H,21,23). The summed E-state index contributed by atoms with van der Waals surface area (Å²) >= 11 is 0. The van der Waals surface area contributed by atoms with E-state index in [-0.39, 0.29) is 12.5 Å². The van der Waals surface area contributed by atoms with Gasteiger partial charge in [0.2, 0.25) is 5.91 Å². The van der Waals surface area contributed by atoms with Gasteiger partial charge in [-0.25, -0.2) is 4.79 Å². The molecule has 4 N–H and O–H groups in total. The normalized spacial score (nSPS) is 10.7. The van der Waals surface area contributed by atoms with Crippen LogP contribution >= 0.6 is 0 Å². The van der Waals surface area contributed by atoms with Crippen molar-refractivity contribution in [1.82, 2.24) is 0 Å². The van der Waals surface area contributed by atoms with Crippen molar-refractivity contribution < 1.29 is 19.1 Å². The molecule has 0 bridgehead atoms. The lowest BCUT2D eigenvalue weighted by Gasteiger charge is -2.20. The summed E-state index contributed by atoms with van der Waals surface area (Å²) in [5.74, 6) is -1.40. The molecule has 0 heterocycles. The van der Waals surface area contributed by atoms with Crippen molar-refractivity contribution in [2.75, 3.05) is 17.7 Å². The van der Waals surface area contributed by atoms with Crippen LogP contribution in [0.15, 0.2) is 30.5 Å². The van der Waals surface area contributed by atoms with E-state index in [1.165, 1.54) is 13.2 Å². The molecule has 25 heavy (non-hydrogen) atoms. The fourth-order valence-electron chi connectivity index (χ4n) is 2.25. The van der Waals surface area contributed by atoms with Gasteiger partial charge in [0.05, 0.1) is 30.5 Å². The Kier molecular flexibility index (Phi) is 8.18. The Balaban J connectivity index is 3.06. The van der Waals surface area contributed by atoms with Crippen LogP contribution in [0.3, 0.4) is 0 Å². The number of amides is 1. The number of hydrogen-bond acceptors (Lipinski definition) is 6. The maximum atomic E-state index is 12.1. The number of nitrogens with two attached hydrogens (primary N) is 1. The fourth-order valence-corrected chi connectivity index (χ4v) is 2.25. The Morgan fingerprint density at radius 3 is 2.44 bits per heavy atom. The van der Waals surface area contributed by atoms with Crippen LogP contribution in [0.4, 0.5) is 11.4 Å². The van der Waals surface area contributed by atoms with Gasteiger partial charge < -0.3 is 21.1 Å². The summed E-state index contributed by atoms with van der Waals surface area (Å²) in [5.41, 5.74) is 6.55. The third kappa shape index (κ3) is 6.29. The second kappa shape index (κ2) is 10.1. The Morgan fingerprint density at radius 1 is 1.20 bits per heavy atom. The Labute approximate surface area is 147 Å². The summed E-state index contributed by atoms with van der Waals surface area (Å²) in [6.07, 6.45) is 3.70. The van der Waals surface area contributed by atoms with Crippen LogP contribution in [0, 0.1) is 0 Å². The molecule has 1 aromatic carbocycles. The highest BCUT2D eigenvalue weighted by molar-refractivity contribution is 6.09. The maximum absolute atomic E-state index is 12.1. The first-order valence-electron chi connectivity index (χ1n) is 8.14. The summed E-state index contributed by atoms with van der Waals surface area (Å²) in [5, 5.41) is 6.00. The lowest BCUT2D eigenvalue weighted by molar-refractivity contribution is -0.122. The largest absolute Gasteiger partial charge is 0.465 e. The highest BCUT2D eigenvalue weighted by Gasteiger charge is 2.15. The number of hydrogen-bond donors (Lipinski definition) is 3. The van der Waals surface area contributed by atoms with Gasteiger partial charge in [0.1, 0.15) is 0 Å². The molecule has 0 saturated carbocycles. The van der Waals surface area contributed by atoms with Gasteiger partial charge in [0, 0.05) is 6.04 Å². The zero-order valence-electron chi connectivity index (χ0n) is 14.8. The molecule has 1 rings (SSSR count). The average molecular weight is 347 g/mol. The molecule has 0 aliphatic heterocycles. The minimum atomic E-state index is -0.508. The third-order valence-electron chi connectivity index (χ3n) is 3.68. The first kappa shape index (κ1) is 20.2. The lowest BCUT2D eigenvalue weighted by Crippen LogP contribution is -2.21. The van der Waals surface area contributed by atoms with Gasteiger partial charge in [-0.1, -0.05) is 13.8 Å². The van der Waals surface area contributed by atoms with E-state index in [0.717, 1.165) is 25.1 Å². The zero-order chi connectivity index (χ0) is 18.8. The van der Waals surface area contributed by atoms with E-state index < -0.39 is 17.7 Å². The number of allylic oxidation sites excluding steroid dienone is 1. The predicted octanol–water partition coefficient (Wildman–Crippen LogP) is 2.44. The number of anilines is 2. The molecule has 0 aliphatic rings. The minimum Gasteiger partial charge on any atom is -0.465 e. The highest BCUT2D eigenvalue weighted by Crippen LogP contribution is 2.26. The molecule has 7 heteroatoms. The zero-order valence-corrected chi connectivity index (χ0v) is 14.8. The SMILES string of the molecule is CCC(CC)Nc1ccc(C(=O)OC)cc1NC(=O)CC(=O)C=CN. The molecule has 0 radical (unpaired) electrons. The van der Waals surface area contributed by atoms with E-state index in [1.807, 2.05) is 0 Å². The van der Waals surface area contributed by atoms with Crippen LogP contribution in [0.25, 0.3) is 0 Å². The number of nitrogens with one attached hydrogen (secondary N) is 2. The summed E-state index contributed by atoms with van der Waals surface area (Å²) in [7, 11) is 1.29. The predicted molar refractivity (Wildman–Crippen MR) is 97.4 cm³/mol. The molecular formula is C18H25N3O4. The molecule has 0 aliphatic carbocycles. The van der Waals surface area contributed by atoms with Gasteiger partial charge in [-0.15, -0.1) is 0 Å². The number of carbonyl (C=O) groups excluding carboxylic acids is 3. The van der Waals surface area contributed by atoms with E-state index in [9.17, 15) is 14.4 Å². The van der Waals surface area contributed by atoms with E-state index in [1.54, 1.807) is 12.1 Å². The Morgan fingerprint density at radius 2 is 1.88 bits per heavy atom. The number of ketones is 1. The number of rotatable bonds is 9. The van der Waals surface area contributed by atoms with Gasteiger partial charge >= 0.3 is 5.97 Å². The monoisotopic (exact) mass is 347 g/mol. The maximum Gasteiger partial charge on any atom is 0.337 e. The van der Waals surface area contributed by atoms with Crippen LogP contribution < -0.4 is 16.4 Å². The molecule has 1 amide bonds. The van der Waals surface area contributed by atoms with E-state index in [4.69, 9.17) is 10.5 Å². The number of benzene rings is 1. The van der Waals surface area contributed by atoms with Crippen molar-refractivity contribution in [2.24, 2.45) is 5.73 Å². The number of ether oxygens (including phenoxy) is 1. The fraction of sp³-hybridized carbons (Fsp3) is 0.389.